The van der Waals surface area contributed by atoms with Crippen molar-refractivity contribution in [1.29, 1.82) is 0 Å². The number of unbranched alkanes of at least 4 members (excludes halogenated alkanes) is 4. The molecule has 0 amide bonds. The zero-order valence-electron chi connectivity index (χ0n) is 23.9. The molecule has 3 aromatic carbocycles. The van der Waals surface area contributed by atoms with Gasteiger partial charge in [-0.3, -0.25) is 0 Å². The number of hydrogen-bond donors (Lipinski definition) is 1. The van der Waals surface area contributed by atoms with E-state index in [2.05, 4.69) is 57.2 Å². The van der Waals surface area contributed by atoms with Crippen LogP contribution in [0.2, 0.25) is 5.02 Å². The van der Waals surface area contributed by atoms with Gasteiger partial charge in [-0.1, -0.05) is 113 Å². The van der Waals surface area contributed by atoms with Gasteiger partial charge in [-0.2, -0.15) is 0 Å². The van der Waals surface area contributed by atoms with Gasteiger partial charge >= 0.3 is 5.97 Å². The number of carbonyl (C=O) groups is 1. The van der Waals surface area contributed by atoms with Gasteiger partial charge in [0.2, 0.25) is 0 Å². The normalized spacial score (nSPS) is 14.2. The Labute approximate surface area is 240 Å². The average molecular weight is 543 g/mol. The summed E-state index contributed by atoms with van der Waals surface area (Å²) in [7, 11) is 0. The van der Waals surface area contributed by atoms with Crippen LogP contribution in [0, 0.1) is 12.8 Å². The maximum Gasteiger partial charge on any atom is 0.335 e. The first-order chi connectivity index (χ1) is 18.9. The molecule has 0 fully saturated rings. The van der Waals surface area contributed by atoms with Gasteiger partial charge in [-0.05, 0) is 101 Å². The number of carboxylic acid groups (broad SMARTS) is 1. The monoisotopic (exact) mass is 542 g/mol. The number of fused-ring (bicyclic) bond motifs is 1. The first-order valence-corrected chi connectivity index (χ1v) is 15.2. The Bertz CT molecular complexity index is 1320. The first-order valence-electron chi connectivity index (χ1n) is 14.9. The second-order valence-electron chi connectivity index (χ2n) is 11.2. The van der Waals surface area contributed by atoms with Crippen molar-refractivity contribution in [2.24, 2.45) is 5.92 Å². The highest BCUT2D eigenvalue weighted by molar-refractivity contribution is 6.32. The number of allylic oxidation sites excluding steroid dienone is 1. The van der Waals surface area contributed by atoms with Crippen LogP contribution in [-0.4, -0.2) is 11.1 Å². The first kappa shape index (κ1) is 29.2. The van der Waals surface area contributed by atoms with Crippen LogP contribution in [0.3, 0.4) is 0 Å². The Kier molecular flexibility index (Phi) is 10.5. The number of rotatable bonds is 12. The number of aromatic carboxylic acids is 1. The lowest BCUT2D eigenvalue weighted by atomic mass is 9.85. The van der Waals surface area contributed by atoms with Crippen LogP contribution in [0.4, 0.5) is 0 Å². The highest BCUT2D eigenvalue weighted by Gasteiger charge is 2.23. The van der Waals surface area contributed by atoms with Crippen molar-refractivity contribution in [2.45, 2.75) is 91.4 Å². The molecule has 0 radical (unpaired) electrons. The number of benzene rings is 3. The van der Waals surface area contributed by atoms with Gasteiger partial charge in [0, 0.05) is 5.02 Å². The van der Waals surface area contributed by atoms with Gasteiger partial charge in [0.05, 0.1) is 5.56 Å². The van der Waals surface area contributed by atoms with Crippen LogP contribution in [0.1, 0.15) is 115 Å². The molecule has 0 saturated heterocycles. The van der Waals surface area contributed by atoms with Crippen LogP contribution in [0.5, 0.6) is 0 Å². The van der Waals surface area contributed by atoms with E-state index in [0.29, 0.717) is 11.5 Å². The second-order valence-corrected chi connectivity index (χ2v) is 11.7. The smallest absolute Gasteiger partial charge is 0.335 e. The molecule has 206 valence electrons. The topological polar surface area (TPSA) is 37.3 Å². The summed E-state index contributed by atoms with van der Waals surface area (Å²) in [6.07, 6.45) is 12.9. The third-order valence-electron chi connectivity index (χ3n) is 8.28. The summed E-state index contributed by atoms with van der Waals surface area (Å²) >= 11 is 6.85. The highest BCUT2D eigenvalue weighted by atomic mass is 35.5. The lowest BCUT2D eigenvalue weighted by Crippen LogP contribution is -2.05. The molecule has 0 aromatic heterocycles. The molecule has 1 aliphatic carbocycles. The van der Waals surface area contributed by atoms with Crippen molar-refractivity contribution in [2.75, 3.05) is 0 Å². The maximum atomic E-state index is 11.8. The van der Waals surface area contributed by atoms with Crippen LogP contribution < -0.4 is 0 Å². The SMILES string of the molecule is CCCCCCCC(CC)Cc1cccc(C2=C(c3ccc(C)cc3Cl)CCCc3cc(C(=O)O)ccc32)c1. The quantitative estimate of drug-likeness (QED) is 0.231. The number of aryl methyl sites for hydroxylation is 2. The van der Waals surface area contributed by atoms with Crippen LogP contribution in [-0.2, 0) is 12.8 Å². The summed E-state index contributed by atoms with van der Waals surface area (Å²) in [5.74, 6) is -0.182. The van der Waals surface area contributed by atoms with Gasteiger partial charge in [-0.25, -0.2) is 4.79 Å². The summed E-state index contributed by atoms with van der Waals surface area (Å²) in [6, 6.07) is 21.0. The fraction of sp³-hybridized carbons (Fsp3) is 0.417. The Morgan fingerprint density at radius 2 is 1.72 bits per heavy atom. The molecule has 0 saturated carbocycles. The van der Waals surface area contributed by atoms with Gasteiger partial charge in [0.25, 0.3) is 0 Å². The average Bonchev–Trinajstić information content (AvgIpc) is 3.11. The molecule has 1 N–H and O–H groups in total. The molecule has 0 aliphatic heterocycles. The molecule has 0 heterocycles. The van der Waals surface area contributed by atoms with Gasteiger partial charge in [0.15, 0.2) is 0 Å². The standard InChI is InChI=1S/C36H43ClO2/c1-4-6-7-8-9-12-26(5-2)22-27-13-10-15-29(23-27)35-31-20-18-30(36(38)39)24-28(31)14-11-16-33(35)32-19-17-25(3)21-34(32)37/h10,13,15,17-21,23-24,26H,4-9,11-12,14,16,22H2,1-3H3,(H,38,39). The summed E-state index contributed by atoms with van der Waals surface area (Å²) in [5, 5.41) is 10.4. The summed E-state index contributed by atoms with van der Waals surface area (Å²) < 4.78 is 0. The Morgan fingerprint density at radius 1 is 0.923 bits per heavy atom. The number of halogens is 1. The molecular weight excluding hydrogens is 500 g/mol. The third-order valence-corrected chi connectivity index (χ3v) is 8.59. The van der Waals surface area contributed by atoms with Gasteiger partial charge < -0.3 is 5.11 Å². The molecule has 1 atom stereocenters. The van der Waals surface area contributed by atoms with Crippen LogP contribution in [0.25, 0.3) is 11.1 Å². The molecule has 3 heteroatoms. The fourth-order valence-electron chi connectivity index (χ4n) is 6.06. The van der Waals surface area contributed by atoms with E-state index in [9.17, 15) is 9.90 Å². The molecule has 2 nitrogen and oxygen atoms in total. The predicted octanol–water partition coefficient (Wildman–Crippen LogP) is 10.6. The van der Waals surface area contributed by atoms with E-state index in [1.54, 1.807) is 6.07 Å². The Balaban J connectivity index is 1.75. The Morgan fingerprint density at radius 3 is 2.46 bits per heavy atom. The van der Waals surface area contributed by atoms with Crippen molar-refractivity contribution in [1.82, 2.24) is 0 Å². The number of carboxylic acids is 1. The second kappa shape index (κ2) is 14.0. The molecule has 0 bridgehead atoms. The molecular formula is C36H43ClO2. The predicted molar refractivity (Wildman–Crippen MR) is 166 cm³/mol. The van der Waals surface area contributed by atoms with Crippen molar-refractivity contribution >= 4 is 28.7 Å². The third kappa shape index (κ3) is 7.42. The van der Waals surface area contributed by atoms with E-state index in [1.165, 1.54) is 67.2 Å². The minimum atomic E-state index is -0.878. The molecule has 1 unspecified atom stereocenters. The van der Waals surface area contributed by atoms with Crippen molar-refractivity contribution in [3.05, 3.63) is 105 Å². The maximum absolute atomic E-state index is 11.8. The van der Waals surface area contributed by atoms with E-state index in [1.807, 2.05) is 18.2 Å². The lowest BCUT2D eigenvalue weighted by molar-refractivity contribution is 0.0696. The molecule has 39 heavy (non-hydrogen) atoms. The van der Waals surface area contributed by atoms with Crippen molar-refractivity contribution in [3.8, 4) is 0 Å². The van der Waals surface area contributed by atoms with E-state index < -0.39 is 5.97 Å². The highest BCUT2D eigenvalue weighted by Crippen LogP contribution is 2.42. The lowest BCUT2D eigenvalue weighted by Gasteiger charge is -2.20. The summed E-state index contributed by atoms with van der Waals surface area (Å²) in [6.45, 7) is 6.66. The van der Waals surface area contributed by atoms with E-state index >= 15 is 0 Å². The molecule has 3 aromatic rings. The molecule has 1 aliphatic rings. The van der Waals surface area contributed by atoms with Crippen molar-refractivity contribution < 1.29 is 9.90 Å². The summed E-state index contributed by atoms with van der Waals surface area (Å²) in [4.78, 5) is 11.8. The van der Waals surface area contributed by atoms with Gasteiger partial charge in [0.1, 0.15) is 0 Å². The largest absolute Gasteiger partial charge is 0.478 e. The van der Waals surface area contributed by atoms with Crippen molar-refractivity contribution in [3.63, 3.8) is 0 Å². The van der Waals surface area contributed by atoms with E-state index in [4.69, 9.17) is 11.6 Å². The van der Waals surface area contributed by atoms with Crippen LogP contribution >= 0.6 is 11.6 Å². The zero-order valence-corrected chi connectivity index (χ0v) is 24.6. The Hall–Kier alpha value is -2.84. The van der Waals surface area contributed by atoms with Crippen LogP contribution in [0.15, 0.2) is 60.7 Å². The summed E-state index contributed by atoms with van der Waals surface area (Å²) in [5.41, 5.74) is 9.83. The minimum Gasteiger partial charge on any atom is -0.478 e. The van der Waals surface area contributed by atoms with E-state index in [0.717, 1.165) is 53.0 Å². The fourth-order valence-corrected chi connectivity index (χ4v) is 6.41. The van der Waals surface area contributed by atoms with E-state index in [-0.39, 0.29) is 0 Å². The molecule has 4 rings (SSSR count). The minimum absolute atomic E-state index is 0.350. The zero-order chi connectivity index (χ0) is 27.8. The van der Waals surface area contributed by atoms with Gasteiger partial charge in [-0.15, -0.1) is 0 Å². The number of hydrogen-bond acceptors (Lipinski definition) is 1. The molecule has 0 spiro atoms.